The molecule has 40 heavy (non-hydrogen) atoms. The van der Waals surface area contributed by atoms with Crippen molar-refractivity contribution in [3.05, 3.63) is 0 Å². The molecule has 0 bridgehead atoms. The van der Waals surface area contributed by atoms with E-state index in [1.807, 2.05) is 0 Å². The molecule has 0 radical (unpaired) electrons. The molecule has 3 aliphatic rings. The van der Waals surface area contributed by atoms with E-state index in [1.54, 1.807) is 0 Å². The van der Waals surface area contributed by atoms with Gasteiger partial charge < -0.3 is 85.0 Å². The summed E-state index contributed by atoms with van der Waals surface area (Å²) in [5.74, 6) is -5.71. The second kappa shape index (κ2) is 13.4. The first-order valence-electron chi connectivity index (χ1n) is 12.5. The molecule has 3 fully saturated rings. The summed E-state index contributed by atoms with van der Waals surface area (Å²) in [6.07, 6.45) is -26.0. The number of aliphatic hydroxyl groups excluding tert-OH is 11. The number of carbonyl (C=O) groups is 1. The Bertz CT molecular complexity index is 832. The van der Waals surface area contributed by atoms with Crippen LogP contribution in [0.3, 0.4) is 0 Å². The first kappa shape index (κ1) is 33.3. The molecule has 3 rings (SSSR count). The zero-order valence-corrected chi connectivity index (χ0v) is 21.3. The van der Waals surface area contributed by atoms with Crippen LogP contribution in [0.1, 0.15) is 13.3 Å². The van der Waals surface area contributed by atoms with Gasteiger partial charge in [0.2, 0.25) is 0 Å². The van der Waals surface area contributed by atoms with E-state index in [0.29, 0.717) is 0 Å². The predicted octanol–water partition coefficient (Wildman–Crippen LogP) is -7.09. The SMILES string of the molecule is C[C@H]1C([C@H](O)[C@H](O)CO)O[C@@](O[C@@H]2C(O)[C@H](O[C@@H]3C(CO)OC(O)C(O)[C@H]3O)OC(CO)[C@@H]2O)(C(=O)O)C[C@H]1O. The number of carboxylic acids is 1. The van der Waals surface area contributed by atoms with Gasteiger partial charge in [-0.05, 0) is 0 Å². The van der Waals surface area contributed by atoms with E-state index in [2.05, 4.69) is 0 Å². The van der Waals surface area contributed by atoms with Crippen LogP contribution in [0.15, 0.2) is 0 Å². The van der Waals surface area contributed by atoms with Gasteiger partial charge in [-0.25, -0.2) is 4.79 Å². The fraction of sp³-hybridized carbons (Fsp3) is 0.955. The van der Waals surface area contributed by atoms with E-state index in [1.165, 1.54) is 6.92 Å². The van der Waals surface area contributed by atoms with E-state index >= 15 is 0 Å². The summed E-state index contributed by atoms with van der Waals surface area (Å²) in [6, 6.07) is 0. The standard InChI is InChI=1S/C22H38O18/c1-6-7(26)2-22(21(34)35,39-16(6)11(28)8(27)3-23)40-18-12(29)9(4-24)37-20(15(18)32)38-17-10(5-25)36-19(33)14(31)13(17)30/h6-20,23-33H,2-5H2,1H3,(H,34,35)/t6-,7-,8-,9?,10?,11-,12+,13-,14?,15?,16?,17-,18+,19?,20+,22+/m1/s1. The van der Waals surface area contributed by atoms with Crippen molar-refractivity contribution in [2.24, 2.45) is 5.92 Å². The summed E-state index contributed by atoms with van der Waals surface area (Å²) < 4.78 is 26.9. The maximum absolute atomic E-state index is 12.4. The largest absolute Gasteiger partial charge is 0.477 e. The Morgan fingerprint density at radius 2 is 1.52 bits per heavy atom. The number of rotatable bonds is 10. The highest BCUT2D eigenvalue weighted by Crippen LogP contribution is 2.39. The normalized spacial score (nSPS) is 48.0. The van der Waals surface area contributed by atoms with Gasteiger partial charge in [0.15, 0.2) is 12.6 Å². The van der Waals surface area contributed by atoms with Crippen molar-refractivity contribution in [1.82, 2.24) is 0 Å². The Labute approximate surface area is 227 Å². The monoisotopic (exact) mass is 590 g/mol. The molecule has 3 heterocycles. The summed E-state index contributed by atoms with van der Waals surface area (Å²) in [5, 5.41) is 121. The van der Waals surface area contributed by atoms with Crippen LogP contribution in [0.4, 0.5) is 0 Å². The zero-order chi connectivity index (χ0) is 30.1. The van der Waals surface area contributed by atoms with E-state index in [0.717, 1.165) is 0 Å². The minimum atomic E-state index is -2.86. The molecular formula is C22H38O18. The first-order chi connectivity index (χ1) is 18.7. The van der Waals surface area contributed by atoms with Gasteiger partial charge in [0.25, 0.3) is 5.79 Å². The van der Waals surface area contributed by atoms with Crippen LogP contribution < -0.4 is 0 Å². The smallest absolute Gasteiger partial charge is 0.364 e. The van der Waals surface area contributed by atoms with Crippen LogP contribution >= 0.6 is 0 Å². The molecule has 16 atom stereocenters. The Kier molecular flexibility index (Phi) is 11.2. The lowest BCUT2D eigenvalue weighted by Gasteiger charge is -2.50. The van der Waals surface area contributed by atoms with Crippen molar-refractivity contribution in [1.29, 1.82) is 0 Å². The fourth-order valence-corrected chi connectivity index (χ4v) is 4.94. The molecule has 18 nitrogen and oxygen atoms in total. The quantitative estimate of drug-likeness (QED) is 0.112. The topological polar surface area (TPSA) is 306 Å². The molecule has 0 aliphatic carbocycles. The van der Waals surface area contributed by atoms with Gasteiger partial charge in [-0.2, -0.15) is 0 Å². The lowest BCUT2D eigenvalue weighted by molar-refractivity contribution is -0.387. The molecule has 234 valence electrons. The third-order valence-corrected chi connectivity index (χ3v) is 7.45. The van der Waals surface area contributed by atoms with Crippen molar-refractivity contribution in [2.45, 2.75) is 105 Å². The molecule has 3 aliphatic heterocycles. The molecule has 3 saturated heterocycles. The Morgan fingerprint density at radius 3 is 2.08 bits per heavy atom. The zero-order valence-electron chi connectivity index (χ0n) is 21.3. The third-order valence-electron chi connectivity index (χ3n) is 7.45. The van der Waals surface area contributed by atoms with Crippen LogP contribution in [0.2, 0.25) is 0 Å². The number of hydrogen-bond donors (Lipinski definition) is 12. The molecule has 0 aromatic heterocycles. The van der Waals surface area contributed by atoms with Gasteiger partial charge in [0.1, 0.15) is 61.0 Å². The summed E-state index contributed by atoms with van der Waals surface area (Å²) in [4.78, 5) is 12.4. The molecule has 18 heteroatoms. The molecule has 12 N–H and O–H groups in total. The molecule has 0 aromatic rings. The second-order valence-corrected chi connectivity index (χ2v) is 10.1. The summed E-state index contributed by atoms with van der Waals surface area (Å²) in [7, 11) is 0. The predicted molar refractivity (Wildman–Crippen MR) is 122 cm³/mol. The lowest BCUT2D eigenvalue weighted by Crippen LogP contribution is -2.68. The summed E-state index contributed by atoms with van der Waals surface area (Å²) in [6.45, 7) is -1.32. The molecule has 0 aromatic carbocycles. The van der Waals surface area contributed by atoms with Crippen LogP contribution in [0.25, 0.3) is 0 Å². The van der Waals surface area contributed by atoms with Crippen LogP contribution in [-0.2, 0) is 28.5 Å². The van der Waals surface area contributed by atoms with Crippen molar-refractivity contribution >= 4 is 5.97 Å². The number of ether oxygens (including phenoxy) is 5. The van der Waals surface area contributed by atoms with Crippen LogP contribution in [-0.4, -0.2) is 179 Å². The van der Waals surface area contributed by atoms with Gasteiger partial charge >= 0.3 is 5.97 Å². The van der Waals surface area contributed by atoms with Crippen molar-refractivity contribution in [3.63, 3.8) is 0 Å². The summed E-state index contributed by atoms with van der Waals surface area (Å²) >= 11 is 0. The van der Waals surface area contributed by atoms with E-state index in [-0.39, 0.29) is 0 Å². The molecule has 0 spiro atoms. The molecule has 0 saturated carbocycles. The van der Waals surface area contributed by atoms with Gasteiger partial charge in [-0.1, -0.05) is 6.92 Å². The number of aliphatic hydroxyl groups is 11. The van der Waals surface area contributed by atoms with E-state index < -0.39 is 130 Å². The van der Waals surface area contributed by atoms with Gasteiger partial charge in [-0.15, -0.1) is 0 Å². The summed E-state index contributed by atoms with van der Waals surface area (Å²) in [5.41, 5.74) is 0. The van der Waals surface area contributed by atoms with Gasteiger partial charge in [-0.3, -0.25) is 0 Å². The Balaban J connectivity index is 1.90. The Hall–Kier alpha value is -1.17. The van der Waals surface area contributed by atoms with Crippen molar-refractivity contribution in [3.8, 4) is 0 Å². The highest BCUT2D eigenvalue weighted by Gasteiger charge is 2.59. The maximum atomic E-state index is 12.4. The molecular weight excluding hydrogens is 552 g/mol. The third kappa shape index (κ3) is 6.42. The number of carboxylic acid groups (broad SMARTS) is 1. The molecule has 6 unspecified atom stereocenters. The van der Waals surface area contributed by atoms with Gasteiger partial charge in [0, 0.05) is 12.3 Å². The minimum absolute atomic E-state index is 0.792. The number of hydrogen-bond acceptors (Lipinski definition) is 17. The fourth-order valence-electron chi connectivity index (χ4n) is 4.94. The van der Waals surface area contributed by atoms with Gasteiger partial charge in [0.05, 0.1) is 32.0 Å². The lowest BCUT2D eigenvalue weighted by atomic mass is 9.84. The maximum Gasteiger partial charge on any atom is 0.364 e. The van der Waals surface area contributed by atoms with E-state index in [4.69, 9.17) is 23.7 Å². The highest BCUT2D eigenvalue weighted by atomic mass is 16.8. The average molecular weight is 591 g/mol. The van der Waals surface area contributed by atoms with Crippen molar-refractivity contribution < 1.29 is 89.8 Å². The van der Waals surface area contributed by atoms with Crippen molar-refractivity contribution in [2.75, 3.05) is 19.8 Å². The van der Waals surface area contributed by atoms with Crippen LogP contribution in [0.5, 0.6) is 0 Å². The molecule has 0 amide bonds. The minimum Gasteiger partial charge on any atom is -0.477 e. The van der Waals surface area contributed by atoms with Crippen LogP contribution in [0, 0.1) is 5.92 Å². The number of aliphatic carboxylic acids is 1. The van der Waals surface area contributed by atoms with E-state index in [9.17, 15) is 66.1 Å². The average Bonchev–Trinajstić information content (AvgIpc) is 2.93. The second-order valence-electron chi connectivity index (χ2n) is 10.1. The Morgan fingerprint density at radius 1 is 0.900 bits per heavy atom. The first-order valence-corrected chi connectivity index (χ1v) is 12.5. The highest BCUT2D eigenvalue weighted by molar-refractivity contribution is 5.76.